The van der Waals surface area contributed by atoms with Gasteiger partial charge in [0.15, 0.2) is 0 Å². The van der Waals surface area contributed by atoms with E-state index < -0.39 is 35.4 Å². The van der Waals surface area contributed by atoms with Crippen molar-refractivity contribution in [3.05, 3.63) is 24.4 Å². The van der Waals surface area contributed by atoms with E-state index in [1.165, 1.54) is 19.2 Å². The molecular weight excluding hydrogens is 391 g/mol. The molecule has 1 heterocycles. The van der Waals surface area contributed by atoms with Crippen LogP contribution in [0.2, 0.25) is 0 Å². The van der Waals surface area contributed by atoms with Gasteiger partial charge in [-0.05, 0) is 37.2 Å². The Hall–Kier alpha value is -2.30. The second-order valence-corrected chi connectivity index (χ2v) is 6.34. The number of carbonyl (C=O) groups excluding carboxylic acids is 3. The zero-order valence-corrected chi connectivity index (χ0v) is 15.4. The van der Waals surface area contributed by atoms with Crippen LogP contribution in [0.5, 0.6) is 0 Å². The Morgan fingerprint density at radius 1 is 1.19 bits per heavy atom. The minimum absolute atomic E-state index is 0.0868. The van der Waals surface area contributed by atoms with E-state index in [0.29, 0.717) is 11.8 Å². The number of carbonyl (C=O) groups is 3. The number of ether oxygens (including phenoxy) is 3. The van der Waals surface area contributed by atoms with Crippen molar-refractivity contribution in [1.29, 1.82) is 0 Å². The van der Waals surface area contributed by atoms with Crippen molar-refractivity contribution in [1.82, 2.24) is 4.98 Å². The van der Waals surface area contributed by atoms with Crippen molar-refractivity contribution in [2.24, 2.45) is 0 Å². The molecule has 0 aliphatic heterocycles. The SMILES string of the molecule is CCOC(=O)C(CCCC(=O)OC)(OC(=O)C(F)(F)F)Sc1ccccn1. The van der Waals surface area contributed by atoms with Crippen molar-refractivity contribution in [2.45, 2.75) is 42.3 Å². The number of hydrogen-bond acceptors (Lipinski definition) is 8. The maximum absolute atomic E-state index is 12.7. The first-order valence-corrected chi connectivity index (χ1v) is 8.60. The standard InChI is InChI=1S/C16H18F3NO6S/c1-3-25-13(22)15(9-6-8-12(21)24-2,26-14(23)16(17,18)19)27-11-7-4-5-10-20-11/h4-5,7,10H,3,6,8-9H2,1-2H3. The molecule has 0 aliphatic carbocycles. The summed E-state index contributed by atoms with van der Waals surface area (Å²) in [6.45, 7) is 1.30. The average molecular weight is 409 g/mol. The molecule has 0 fully saturated rings. The second-order valence-electron chi connectivity index (χ2n) is 5.06. The average Bonchev–Trinajstić information content (AvgIpc) is 2.61. The highest BCUT2D eigenvalue weighted by Gasteiger charge is 2.52. The van der Waals surface area contributed by atoms with Crippen LogP contribution in [-0.2, 0) is 28.6 Å². The summed E-state index contributed by atoms with van der Waals surface area (Å²) in [6.07, 6.45) is -4.65. The Morgan fingerprint density at radius 2 is 1.89 bits per heavy atom. The summed E-state index contributed by atoms with van der Waals surface area (Å²) in [6, 6.07) is 4.54. The Bertz CT molecular complexity index is 655. The second kappa shape index (κ2) is 10.1. The molecule has 1 aromatic rings. The van der Waals surface area contributed by atoms with E-state index in [-0.39, 0.29) is 24.5 Å². The predicted octanol–water partition coefficient (Wildman–Crippen LogP) is 2.88. The lowest BCUT2D eigenvalue weighted by molar-refractivity contribution is -0.211. The minimum atomic E-state index is -5.31. The van der Waals surface area contributed by atoms with Gasteiger partial charge in [-0.15, -0.1) is 0 Å². The molecule has 1 unspecified atom stereocenters. The lowest BCUT2D eigenvalue weighted by atomic mass is 10.1. The predicted molar refractivity (Wildman–Crippen MR) is 87.5 cm³/mol. The van der Waals surface area contributed by atoms with Crippen molar-refractivity contribution in [2.75, 3.05) is 13.7 Å². The van der Waals surface area contributed by atoms with Gasteiger partial charge in [0.25, 0.3) is 4.93 Å². The highest BCUT2D eigenvalue weighted by molar-refractivity contribution is 8.01. The molecule has 0 spiro atoms. The molecule has 0 bridgehead atoms. The van der Waals surface area contributed by atoms with Crippen molar-refractivity contribution in [3.8, 4) is 0 Å². The fourth-order valence-corrected chi connectivity index (χ4v) is 3.00. The molecule has 1 atom stereocenters. The molecule has 7 nitrogen and oxygen atoms in total. The zero-order chi connectivity index (χ0) is 20.5. The number of aromatic nitrogens is 1. The normalized spacial score (nSPS) is 13.4. The van der Waals surface area contributed by atoms with Gasteiger partial charge in [0.1, 0.15) is 5.03 Å². The molecule has 11 heteroatoms. The molecule has 0 amide bonds. The molecule has 0 N–H and O–H groups in total. The third-order valence-electron chi connectivity index (χ3n) is 3.10. The lowest BCUT2D eigenvalue weighted by Gasteiger charge is -2.30. The Balaban J connectivity index is 3.20. The van der Waals surface area contributed by atoms with Crippen LogP contribution in [0.4, 0.5) is 13.2 Å². The lowest BCUT2D eigenvalue weighted by Crippen LogP contribution is -2.45. The van der Waals surface area contributed by atoms with Crippen LogP contribution in [0.1, 0.15) is 26.2 Å². The number of hydrogen-bond donors (Lipinski definition) is 0. The Kier molecular flexibility index (Phi) is 8.54. The molecule has 1 rings (SSSR count). The number of methoxy groups -OCH3 is 1. The summed E-state index contributed by atoms with van der Waals surface area (Å²) >= 11 is 0.507. The Labute approximate surface area is 157 Å². The number of thioether (sulfide) groups is 1. The van der Waals surface area contributed by atoms with E-state index in [9.17, 15) is 27.6 Å². The molecular formula is C16H18F3NO6S. The van der Waals surface area contributed by atoms with Crippen LogP contribution in [-0.4, -0.2) is 47.7 Å². The van der Waals surface area contributed by atoms with E-state index in [0.717, 1.165) is 7.11 Å². The maximum Gasteiger partial charge on any atom is 0.490 e. The van der Waals surface area contributed by atoms with Crippen LogP contribution in [0.25, 0.3) is 0 Å². The van der Waals surface area contributed by atoms with Gasteiger partial charge >= 0.3 is 24.1 Å². The number of rotatable bonds is 9. The number of esters is 3. The van der Waals surface area contributed by atoms with Crippen molar-refractivity contribution < 1.29 is 41.8 Å². The Morgan fingerprint density at radius 3 is 2.41 bits per heavy atom. The number of pyridine rings is 1. The largest absolute Gasteiger partial charge is 0.490 e. The smallest absolute Gasteiger partial charge is 0.469 e. The molecule has 150 valence electrons. The van der Waals surface area contributed by atoms with Crippen LogP contribution in [0, 0.1) is 0 Å². The van der Waals surface area contributed by atoms with E-state index in [1.54, 1.807) is 12.1 Å². The molecule has 0 aromatic carbocycles. The third kappa shape index (κ3) is 7.08. The van der Waals surface area contributed by atoms with Crippen LogP contribution < -0.4 is 0 Å². The van der Waals surface area contributed by atoms with Gasteiger partial charge < -0.3 is 14.2 Å². The van der Waals surface area contributed by atoms with Crippen LogP contribution in [0.15, 0.2) is 29.4 Å². The summed E-state index contributed by atoms with van der Waals surface area (Å²) in [7, 11) is 1.15. The fraction of sp³-hybridized carbons (Fsp3) is 0.500. The highest BCUT2D eigenvalue weighted by Crippen LogP contribution is 2.40. The molecule has 0 aliphatic rings. The highest BCUT2D eigenvalue weighted by atomic mass is 32.2. The first-order chi connectivity index (χ1) is 12.6. The molecule has 0 saturated carbocycles. The summed E-state index contributed by atoms with van der Waals surface area (Å²) in [4.78, 5) is 36.8. The fourth-order valence-electron chi connectivity index (χ4n) is 1.90. The molecule has 27 heavy (non-hydrogen) atoms. The third-order valence-corrected chi connectivity index (χ3v) is 4.33. The summed E-state index contributed by atoms with van der Waals surface area (Å²) in [5, 5.41) is 0.138. The van der Waals surface area contributed by atoms with Crippen molar-refractivity contribution in [3.63, 3.8) is 0 Å². The molecule has 0 radical (unpaired) electrons. The zero-order valence-electron chi connectivity index (χ0n) is 14.6. The quantitative estimate of drug-likeness (QED) is 0.266. The van der Waals surface area contributed by atoms with E-state index in [4.69, 9.17) is 4.74 Å². The maximum atomic E-state index is 12.7. The molecule has 1 aromatic heterocycles. The summed E-state index contributed by atoms with van der Waals surface area (Å²) < 4.78 is 52.1. The van der Waals surface area contributed by atoms with Crippen LogP contribution >= 0.6 is 11.8 Å². The van der Waals surface area contributed by atoms with Crippen molar-refractivity contribution >= 4 is 29.7 Å². The van der Waals surface area contributed by atoms with Gasteiger partial charge in [-0.1, -0.05) is 6.07 Å². The minimum Gasteiger partial charge on any atom is -0.469 e. The van der Waals surface area contributed by atoms with Gasteiger partial charge in [-0.25, -0.2) is 14.6 Å². The van der Waals surface area contributed by atoms with Gasteiger partial charge in [0.05, 0.1) is 13.7 Å². The number of alkyl halides is 3. The first-order valence-electron chi connectivity index (χ1n) is 7.79. The summed E-state index contributed by atoms with van der Waals surface area (Å²) in [5.74, 6) is -4.35. The van der Waals surface area contributed by atoms with Gasteiger partial charge in [-0.2, -0.15) is 13.2 Å². The van der Waals surface area contributed by atoms with Gasteiger partial charge in [0, 0.05) is 19.0 Å². The first kappa shape index (κ1) is 22.7. The number of halogens is 3. The van der Waals surface area contributed by atoms with Gasteiger partial charge in [-0.3, -0.25) is 4.79 Å². The van der Waals surface area contributed by atoms with E-state index in [1.807, 2.05) is 0 Å². The van der Waals surface area contributed by atoms with Gasteiger partial charge in [0.2, 0.25) is 0 Å². The topological polar surface area (TPSA) is 91.8 Å². The molecule has 0 saturated heterocycles. The monoisotopic (exact) mass is 409 g/mol. The van der Waals surface area contributed by atoms with E-state index in [2.05, 4.69) is 14.5 Å². The number of nitrogens with zero attached hydrogens (tertiary/aromatic N) is 1. The van der Waals surface area contributed by atoms with Crippen LogP contribution in [0.3, 0.4) is 0 Å². The van der Waals surface area contributed by atoms with E-state index >= 15 is 0 Å². The summed E-state index contributed by atoms with van der Waals surface area (Å²) in [5.41, 5.74) is 0.